The predicted octanol–water partition coefficient (Wildman–Crippen LogP) is 1.46. The highest BCUT2D eigenvalue weighted by Crippen LogP contribution is 2.17. The van der Waals surface area contributed by atoms with Crippen LogP contribution in [0.3, 0.4) is 0 Å². The molecule has 1 aliphatic heterocycles. The number of piperidine rings is 1. The Morgan fingerprint density at radius 2 is 2.16 bits per heavy atom. The van der Waals surface area contributed by atoms with Crippen molar-refractivity contribution in [2.45, 2.75) is 38.3 Å². The summed E-state index contributed by atoms with van der Waals surface area (Å²) in [5.41, 5.74) is 5.71. The summed E-state index contributed by atoms with van der Waals surface area (Å²) in [5, 5.41) is 0. The number of rotatable bonds is 4. The van der Waals surface area contributed by atoms with Crippen molar-refractivity contribution in [3.8, 4) is 0 Å². The average Bonchev–Trinajstić information content (AvgIpc) is 2.89. The molecule has 1 amide bonds. The Morgan fingerprint density at radius 3 is 2.79 bits per heavy atom. The number of imidazole rings is 1. The van der Waals surface area contributed by atoms with Gasteiger partial charge >= 0.3 is 0 Å². The maximum Gasteiger partial charge on any atom is 0.224 e. The maximum absolute atomic E-state index is 12.1. The number of halogens is 2. The van der Waals surface area contributed by atoms with Gasteiger partial charge in [0.15, 0.2) is 0 Å². The summed E-state index contributed by atoms with van der Waals surface area (Å²) in [7, 11) is 0. The molecule has 1 atom stereocenters. The van der Waals surface area contributed by atoms with Crippen molar-refractivity contribution in [1.82, 2.24) is 14.5 Å². The molecule has 0 aromatic carbocycles. The molecule has 1 saturated heterocycles. The van der Waals surface area contributed by atoms with Gasteiger partial charge in [-0.15, -0.1) is 24.8 Å². The molecule has 0 aliphatic carbocycles. The zero-order valence-electron chi connectivity index (χ0n) is 10.9. The molecule has 5 nitrogen and oxygen atoms in total. The lowest BCUT2D eigenvalue weighted by atomic mass is 10.0. The van der Waals surface area contributed by atoms with Gasteiger partial charge in [-0.1, -0.05) is 0 Å². The van der Waals surface area contributed by atoms with Crippen LogP contribution in [-0.4, -0.2) is 39.5 Å². The van der Waals surface area contributed by atoms with Crippen LogP contribution in [0.2, 0.25) is 0 Å². The minimum atomic E-state index is 0. The first-order chi connectivity index (χ1) is 8.31. The second kappa shape index (κ2) is 9.18. The van der Waals surface area contributed by atoms with E-state index in [0.717, 1.165) is 19.4 Å². The number of hydrogen-bond acceptors (Lipinski definition) is 3. The van der Waals surface area contributed by atoms with E-state index in [0.29, 0.717) is 19.5 Å². The van der Waals surface area contributed by atoms with Crippen LogP contribution in [0.25, 0.3) is 0 Å². The Labute approximate surface area is 126 Å². The van der Waals surface area contributed by atoms with Crippen LogP contribution in [0.5, 0.6) is 0 Å². The summed E-state index contributed by atoms with van der Waals surface area (Å²) in [5.74, 6) is 0.217. The first-order valence-corrected chi connectivity index (χ1v) is 6.26. The highest BCUT2D eigenvalue weighted by atomic mass is 35.5. The molecule has 1 aliphatic rings. The van der Waals surface area contributed by atoms with Crippen molar-refractivity contribution < 1.29 is 4.79 Å². The summed E-state index contributed by atoms with van der Waals surface area (Å²) >= 11 is 0. The largest absolute Gasteiger partial charge is 0.338 e. The molecule has 7 heteroatoms. The molecule has 0 spiro atoms. The van der Waals surface area contributed by atoms with E-state index >= 15 is 0 Å². The lowest BCUT2D eigenvalue weighted by Crippen LogP contribution is -2.47. The first-order valence-electron chi connectivity index (χ1n) is 6.26. The zero-order valence-corrected chi connectivity index (χ0v) is 12.5. The number of carbonyl (C=O) groups excluding carboxylic acids is 1. The molecule has 0 saturated carbocycles. The number of carbonyl (C=O) groups is 1. The molecule has 1 aromatic rings. The van der Waals surface area contributed by atoms with Crippen LogP contribution in [0.1, 0.15) is 25.7 Å². The van der Waals surface area contributed by atoms with Crippen LogP contribution in [0, 0.1) is 0 Å². The minimum Gasteiger partial charge on any atom is -0.338 e. The number of aryl methyl sites for hydroxylation is 1. The Morgan fingerprint density at radius 1 is 1.37 bits per heavy atom. The van der Waals surface area contributed by atoms with Gasteiger partial charge in [-0.05, 0) is 19.3 Å². The average molecular weight is 309 g/mol. The topological polar surface area (TPSA) is 64.2 Å². The van der Waals surface area contributed by atoms with Crippen LogP contribution < -0.4 is 5.73 Å². The van der Waals surface area contributed by atoms with Crippen molar-refractivity contribution in [2.24, 2.45) is 5.73 Å². The SMILES string of the molecule is Cl.Cl.NCC1CCCCN1C(=O)CCn1ccnc1. The predicted molar refractivity (Wildman–Crippen MR) is 79.7 cm³/mol. The first kappa shape index (κ1) is 18.2. The van der Waals surface area contributed by atoms with Gasteiger partial charge in [0.05, 0.1) is 6.33 Å². The summed E-state index contributed by atoms with van der Waals surface area (Å²) in [6, 6.07) is 0.249. The highest BCUT2D eigenvalue weighted by Gasteiger charge is 2.24. The van der Waals surface area contributed by atoms with E-state index in [4.69, 9.17) is 5.73 Å². The normalized spacial score (nSPS) is 18.4. The number of aromatic nitrogens is 2. The number of likely N-dealkylation sites (tertiary alicyclic amines) is 1. The lowest BCUT2D eigenvalue weighted by Gasteiger charge is -2.35. The van der Waals surface area contributed by atoms with Crippen LogP contribution >= 0.6 is 24.8 Å². The Hall–Kier alpha value is -0.780. The van der Waals surface area contributed by atoms with Crippen LogP contribution in [0.15, 0.2) is 18.7 Å². The number of hydrogen-bond donors (Lipinski definition) is 1. The minimum absolute atomic E-state index is 0. The molecule has 110 valence electrons. The lowest BCUT2D eigenvalue weighted by molar-refractivity contribution is -0.134. The molecular formula is C12H22Cl2N4O. The number of amides is 1. The molecule has 2 heterocycles. The zero-order chi connectivity index (χ0) is 12.1. The van der Waals surface area contributed by atoms with Crippen molar-refractivity contribution in [2.75, 3.05) is 13.1 Å². The van der Waals surface area contributed by atoms with Gasteiger partial charge in [0.25, 0.3) is 0 Å². The summed E-state index contributed by atoms with van der Waals surface area (Å²) in [4.78, 5) is 18.0. The molecule has 0 radical (unpaired) electrons. The number of nitrogens with two attached hydrogens (primary N) is 1. The smallest absolute Gasteiger partial charge is 0.224 e. The summed E-state index contributed by atoms with van der Waals surface area (Å²) in [6.45, 7) is 2.15. The van der Waals surface area contributed by atoms with Gasteiger partial charge in [-0.2, -0.15) is 0 Å². The monoisotopic (exact) mass is 308 g/mol. The number of nitrogens with zero attached hydrogens (tertiary/aromatic N) is 3. The Kier molecular flexibility index (Phi) is 8.80. The van der Waals surface area contributed by atoms with Gasteiger partial charge in [-0.25, -0.2) is 4.98 Å². The quantitative estimate of drug-likeness (QED) is 0.916. The van der Waals surface area contributed by atoms with E-state index in [1.54, 1.807) is 12.5 Å². The van der Waals surface area contributed by atoms with Crippen molar-refractivity contribution in [1.29, 1.82) is 0 Å². The second-order valence-electron chi connectivity index (χ2n) is 4.52. The third-order valence-electron chi connectivity index (χ3n) is 3.36. The maximum atomic E-state index is 12.1. The molecule has 0 bridgehead atoms. The van der Waals surface area contributed by atoms with Crippen LogP contribution in [0.4, 0.5) is 0 Å². The van der Waals surface area contributed by atoms with Gasteiger partial charge in [-0.3, -0.25) is 4.79 Å². The standard InChI is InChI=1S/C12H20N4O.2ClH/c13-9-11-3-1-2-6-16(11)12(17)4-7-15-8-5-14-10-15;;/h5,8,10-11H,1-4,6-7,9,13H2;2*1H. The summed E-state index contributed by atoms with van der Waals surface area (Å²) < 4.78 is 1.93. The third kappa shape index (κ3) is 5.01. The van der Waals surface area contributed by atoms with Gasteiger partial charge in [0.1, 0.15) is 0 Å². The van der Waals surface area contributed by atoms with Crippen molar-refractivity contribution in [3.63, 3.8) is 0 Å². The highest BCUT2D eigenvalue weighted by molar-refractivity contribution is 5.85. The van der Waals surface area contributed by atoms with E-state index in [1.165, 1.54) is 6.42 Å². The van der Waals surface area contributed by atoms with Crippen LogP contribution in [-0.2, 0) is 11.3 Å². The van der Waals surface area contributed by atoms with E-state index in [-0.39, 0.29) is 36.8 Å². The Balaban J connectivity index is 0.00000162. The fourth-order valence-electron chi connectivity index (χ4n) is 2.36. The van der Waals surface area contributed by atoms with E-state index in [1.807, 2.05) is 15.7 Å². The molecule has 19 heavy (non-hydrogen) atoms. The molecular weight excluding hydrogens is 287 g/mol. The van der Waals surface area contributed by atoms with E-state index in [2.05, 4.69) is 4.98 Å². The molecule has 1 aromatic heterocycles. The molecule has 2 rings (SSSR count). The Bertz CT molecular complexity index is 359. The van der Waals surface area contributed by atoms with Gasteiger partial charge in [0.2, 0.25) is 5.91 Å². The molecule has 1 unspecified atom stereocenters. The van der Waals surface area contributed by atoms with Gasteiger partial charge < -0.3 is 15.2 Å². The van der Waals surface area contributed by atoms with Crippen molar-refractivity contribution in [3.05, 3.63) is 18.7 Å². The summed E-state index contributed by atoms with van der Waals surface area (Å²) in [6.07, 6.45) is 9.22. The molecule has 1 fully saturated rings. The van der Waals surface area contributed by atoms with Gasteiger partial charge in [0, 0.05) is 44.5 Å². The van der Waals surface area contributed by atoms with Crippen molar-refractivity contribution >= 4 is 30.7 Å². The fourth-order valence-corrected chi connectivity index (χ4v) is 2.36. The fraction of sp³-hybridized carbons (Fsp3) is 0.667. The molecule has 2 N–H and O–H groups in total. The second-order valence-corrected chi connectivity index (χ2v) is 4.52. The van der Waals surface area contributed by atoms with E-state index in [9.17, 15) is 4.79 Å². The third-order valence-corrected chi connectivity index (χ3v) is 3.36. The van der Waals surface area contributed by atoms with E-state index < -0.39 is 0 Å².